The van der Waals surface area contributed by atoms with Crippen molar-refractivity contribution in [2.45, 2.75) is 13.8 Å². The highest BCUT2D eigenvalue weighted by Crippen LogP contribution is 2.23. The Morgan fingerprint density at radius 1 is 0.962 bits per heavy atom. The van der Waals surface area contributed by atoms with Crippen molar-refractivity contribution in [2.24, 2.45) is 0 Å². The molecular formula is C20H17N5O. The molecule has 1 amide bonds. The van der Waals surface area contributed by atoms with Gasteiger partial charge in [0.25, 0.3) is 5.91 Å². The van der Waals surface area contributed by atoms with Gasteiger partial charge in [-0.15, -0.1) is 0 Å². The van der Waals surface area contributed by atoms with Crippen LogP contribution < -0.4 is 5.32 Å². The minimum Gasteiger partial charge on any atom is -0.319 e. The molecule has 4 rings (SSSR count). The van der Waals surface area contributed by atoms with Crippen molar-refractivity contribution in [1.29, 1.82) is 0 Å². The van der Waals surface area contributed by atoms with Crippen LogP contribution in [-0.4, -0.2) is 25.7 Å². The molecule has 0 spiro atoms. The van der Waals surface area contributed by atoms with Gasteiger partial charge in [-0.25, -0.2) is 4.68 Å². The van der Waals surface area contributed by atoms with Crippen LogP contribution in [0.25, 0.3) is 16.7 Å². The predicted octanol–water partition coefficient (Wildman–Crippen LogP) is 3.68. The molecule has 0 saturated heterocycles. The molecule has 6 heteroatoms. The van der Waals surface area contributed by atoms with Crippen LogP contribution in [0.5, 0.6) is 0 Å². The fraction of sp³-hybridized carbons (Fsp3) is 0.100. The van der Waals surface area contributed by atoms with Gasteiger partial charge in [0.15, 0.2) is 0 Å². The molecule has 0 radical (unpaired) electrons. The van der Waals surface area contributed by atoms with Crippen molar-refractivity contribution < 1.29 is 4.79 Å². The molecule has 2 heterocycles. The SMILES string of the molecule is Cc1nn(-c2ccccc2)c(C)c1NC(=O)c1ccc2nccnc2c1. The van der Waals surface area contributed by atoms with E-state index in [1.165, 1.54) is 0 Å². The van der Waals surface area contributed by atoms with E-state index in [4.69, 9.17) is 0 Å². The van der Waals surface area contributed by atoms with Gasteiger partial charge in [0.05, 0.1) is 33.8 Å². The number of nitrogens with zero attached hydrogens (tertiary/aromatic N) is 4. The average molecular weight is 343 g/mol. The summed E-state index contributed by atoms with van der Waals surface area (Å²) in [6, 6.07) is 15.1. The second-order valence-electron chi connectivity index (χ2n) is 6.01. The molecule has 0 aliphatic heterocycles. The van der Waals surface area contributed by atoms with Crippen LogP contribution in [-0.2, 0) is 0 Å². The van der Waals surface area contributed by atoms with Crippen LogP contribution in [0.2, 0.25) is 0 Å². The number of aromatic nitrogens is 4. The molecule has 6 nitrogen and oxygen atoms in total. The van der Waals surface area contributed by atoms with Crippen molar-refractivity contribution in [1.82, 2.24) is 19.7 Å². The lowest BCUT2D eigenvalue weighted by Crippen LogP contribution is -2.13. The number of fused-ring (bicyclic) bond motifs is 1. The number of carbonyl (C=O) groups excluding carboxylic acids is 1. The Labute approximate surface area is 150 Å². The monoisotopic (exact) mass is 343 g/mol. The van der Waals surface area contributed by atoms with Gasteiger partial charge < -0.3 is 5.32 Å². The number of hydrogen-bond acceptors (Lipinski definition) is 4. The molecule has 2 aromatic heterocycles. The molecule has 0 atom stereocenters. The number of carbonyl (C=O) groups is 1. The highest BCUT2D eigenvalue weighted by Gasteiger charge is 2.16. The number of benzene rings is 2. The summed E-state index contributed by atoms with van der Waals surface area (Å²) < 4.78 is 1.83. The molecular weight excluding hydrogens is 326 g/mol. The van der Waals surface area contributed by atoms with Gasteiger partial charge in [0, 0.05) is 18.0 Å². The fourth-order valence-corrected chi connectivity index (χ4v) is 2.93. The Bertz CT molecular complexity index is 1100. The number of para-hydroxylation sites is 1. The molecule has 128 valence electrons. The summed E-state index contributed by atoms with van der Waals surface area (Å²) in [6.07, 6.45) is 3.25. The molecule has 0 saturated carbocycles. The van der Waals surface area contributed by atoms with Crippen LogP contribution in [0.3, 0.4) is 0 Å². The van der Waals surface area contributed by atoms with Crippen molar-refractivity contribution in [3.63, 3.8) is 0 Å². The number of nitrogens with one attached hydrogen (secondary N) is 1. The van der Waals surface area contributed by atoms with E-state index in [1.54, 1.807) is 30.6 Å². The Hall–Kier alpha value is -3.54. The van der Waals surface area contributed by atoms with E-state index in [1.807, 2.05) is 48.9 Å². The fourth-order valence-electron chi connectivity index (χ4n) is 2.93. The third kappa shape index (κ3) is 2.82. The molecule has 26 heavy (non-hydrogen) atoms. The predicted molar refractivity (Wildman–Crippen MR) is 101 cm³/mol. The molecule has 4 aromatic rings. The summed E-state index contributed by atoms with van der Waals surface area (Å²) in [5.41, 5.74) is 5.29. The van der Waals surface area contributed by atoms with Crippen molar-refractivity contribution in [2.75, 3.05) is 5.32 Å². The van der Waals surface area contributed by atoms with Gasteiger partial charge in [-0.1, -0.05) is 18.2 Å². The van der Waals surface area contributed by atoms with Gasteiger partial charge in [0.2, 0.25) is 0 Å². The number of rotatable bonds is 3. The molecule has 0 unspecified atom stereocenters. The lowest BCUT2D eigenvalue weighted by atomic mass is 10.1. The minimum absolute atomic E-state index is 0.198. The Kier molecular flexibility index (Phi) is 3.93. The maximum Gasteiger partial charge on any atom is 0.255 e. The Morgan fingerprint density at radius 3 is 2.46 bits per heavy atom. The van der Waals surface area contributed by atoms with E-state index in [2.05, 4.69) is 20.4 Å². The zero-order valence-electron chi connectivity index (χ0n) is 14.5. The Balaban J connectivity index is 1.66. The van der Waals surface area contributed by atoms with Gasteiger partial charge in [0.1, 0.15) is 0 Å². The zero-order valence-corrected chi connectivity index (χ0v) is 14.5. The minimum atomic E-state index is -0.198. The molecule has 0 fully saturated rings. The number of hydrogen-bond donors (Lipinski definition) is 1. The quantitative estimate of drug-likeness (QED) is 0.616. The number of anilines is 1. The second kappa shape index (κ2) is 6.40. The highest BCUT2D eigenvalue weighted by atomic mass is 16.1. The van der Waals surface area contributed by atoms with Gasteiger partial charge >= 0.3 is 0 Å². The van der Waals surface area contributed by atoms with E-state index < -0.39 is 0 Å². The van der Waals surface area contributed by atoms with Crippen LogP contribution in [0.15, 0.2) is 60.9 Å². The maximum atomic E-state index is 12.7. The van der Waals surface area contributed by atoms with Crippen molar-refractivity contribution >= 4 is 22.6 Å². The number of aryl methyl sites for hydroxylation is 1. The summed E-state index contributed by atoms with van der Waals surface area (Å²) in [6.45, 7) is 3.82. The summed E-state index contributed by atoms with van der Waals surface area (Å²) >= 11 is 0. The third-order valence-corrected chi connectivity index (χ3v) is 4.26. The second-order valence-corrected chi connectivity index (χ2v) is 6.01. The highest BCUT2D eigenvalue weighted by molar-refractivity contribution is 6.06. The summed E-state index contributed by atoms with van der Waals surface area (Å²) in [4.78, 5) is 21.2. The number of amides is 1. The van der Waals surface area contributed by atoms with E-state index in [0.717, 1.165) is 28.3 Å². The zero-order chi connectivity index (χ0) is 18.1. The largest absolute Gasteiger partial charge is 0.319 e. The normalized spacial score (nSPS) is 10.8. The van der Waals surface area contributed by atoms with Gasteiger partial charge in [-0.05, 0) is 44.2 Å². The van der Waals surface area contributed by atoms with Crippen LogP contribution >= 0.6 is 0 Å². The molecule has 0 bridgehead atoms. The summed E-state index contributed by atoms with van der Waals surface area (Å²) in [7, 11) is 0. The molecule has 1 N–H and O–H groups in total. The first-order valence-corrected chi connectivity index (χ1v) is 8.27. The van der Waals surface area contributed by atoms with E-state index in [0.29, 0.717) is 11.1 Å². The van der Waals surface area contributed by atoms with Crippen molar-refractivity contribution in [3.8, 4) is 5.69 Å². The Morgan fingerprint density at radius 2 is 1.69 bits per heavy atom. The standard InChI is InChI=1S/C20H17N5O/c1-13-19(14(2)25(24-13)16-6-4-3-5-7-16)23-20(26)15-8-9-17-18(12-15)22-11-10-21-17/h3-12H,1-2H3,(H,23,26). The molecule has 0 aliphatic rings. The first-order valence-electron chi connectivity index (χ1n) is 8.27. The van der Waals surface area contributed by atoms with Crippen LogP contribution in [0, 0.1) is 13.8 Å². The lowest BCUT2D eigenvalue weighted by Gasteiger charge is -2.07. The van der Waals surface area contributed by atoms with Gasteiger partial charge in [-0.3, -0.25) is 14.8 Å². The molecule has 2 aromatic carbocycles. The topological polar surface area (TPSA) is 72.7 Å². The van der Waals surface area contributed by atoms with Crippen LogP contribution in [0.4, 0.5) is 5.69 Å². The lowest BCUT2D eigenvalue weighted by molar-refractivity contribution is 0.102. The first kappa shape index (κ1) is 16.0. The molecule has 0 aliphatic carbocycles. The van der Waals surface area contributed by atoms with E-state index in [-0.39, 0.29) is 5.91 Å². The summed E-state index contributed by atoms with van der Waals surface area (Å²) in [5, 5.41) is 7.54. The average Bonchev–Trinajstić information content (AvgIpc) is 2.96. The maximum absolute atomic E-state index is 12.7. The third-order valence-electron chi connectivity index (χ3n) is 4.26. The summed E-state index contributed by atoms with van der Waals surface area (Å²) in [5.74, 6) is -0.198. The smallest absolute Gasteiger partial charge is 0.255 e. The van der Waals surface area contributed by atoms with E-state index >= 15 is 0 Å². The first-order chi connectivity index (χ1) is 12.6. The van der Waals surface area contributed by atoms with Crippen molar-refractivity contribution in [3.05, 3.63) is 77.9 Å². The van der Waals surface area contributed by atoms with Gasteiger partial charge in [-0.2, -0.15) is 5.10 Å². The van der Waals surface area contributed by atoms with Crippen LogP contribution in [0.1, 0.15) is 21.7 Å². The van der Waals surface area contributed by atoms with E-state index in [9.17, 15) is 4.79 Å².